The molecule has 156 valence electrons. The average molecular weight is 430 g/mol. The molecule has 0 bridgehead atoms. The summed E-state index contributed by atoms with van der Waals surface area (Å²) < 4.78 is 45.6. The first-order valence-corrected chi connectivity index (χ1v) is 10.8. The molecule has 1 N–H and O–H groups in total. The lowest BCUT2D eigenvalue weighted by Gasteiger charge is -2.22. The number of aryl methyl sites for hydroxylation is 1. The van der Waals surface area contributed by atoms with Gasteiger partial charge in [0.2, 0.25) is 21.8 Å². The molecular formula is C20H19FN4O4S. The van der Waals surface area contributed by atoms with Gasteiger partial charge in [0.05, 0.1) is 4.90 Å². The minimum atomic E-state index is -3.81. The predicted octanol–water partition coefficient (Wildman–Crippen LogP) is 2.98. The normalized spacial score (nSPS) is 17.2. The van der Waals surface area contributed by atoms with Gasteiger partial charge in [-0.2, -0.15) is 4.31 Å². The lowest BCUT2D eigenvalue weighted by atomic mass is 10.2. The largest absolute Gasteiger partial charge is 0.403 e. The molecule has 0 spiro atoms. The first kappa shape index (κ1) is 20.2. The van der Waals surface area contributed by atoms with E-state index in [1.807, 2.05) is 6.92 Å². The van der Waals surface area contributed by atoms with Crippen LogP contribution in [0.1, 0.15) is 18.4 Å². The highest BCUT2D eigenvalue weighted by atomic mass is 32.2. The van der Waals surface area contributed by atoms with Crippen LogP contribution in [0.5, 0.6) is 0 Å². The van der Waals surface area contributed by atoms with Gasteiger partial charge in [-0.1, -0.05) is 22.8 Å². The number of amides is 1. The maximum atomic E-state index is 13.1. The Morgan fingerprint density at radius 1 is 1.13 bits per heavy atom. The molecule has 1 aliphatic rings. The summed E-state index contributed by atoms with van der Waals surface area (Å²) in [5, 5.41) is 10.1. The molecule has 1 aromatic heterocycles. The molecular weight excluding hydrogens is 411 g/mol. The number of carbonyl (C=O) groups is 1. The van der Waals surface area contributed by atoms with Gasteiger partial charge in [-0.15, -0.1) is 5.10 Å². The van der Waals surface area contributed by atoms with Gasteiger partial charge in [0.1, 0.15) is 11.9 Å². The van der Waals surface area contributed by atoms with Crippen molar-refractivity contribution >= 4 is 21.9 Å². The van der Waals surface area contributed by atoms with Crippen LogP contribution in [0.3, 0.4) is 0 Å². The Hall–Kier alpha value is -3.11. The van der Waals surface area contributed by atoms with Crippen molar-refractivity contribution in [2.45, 2.75) is 30.7 Å². The second kappa shape index (κ2) is 7.96. The van der Waals surface area contributed by atoms with Crippen LogP contribution < -0.4 is 5.32 Å². The molecule has 1 fully saturated rings. The summed E-state index contributed by atoms with van der Waals surface area (Å²) in [5.41, 5.74) is 1.44. The van der Waals surface area contributed by atoms with Crippen LogP contribution in [0.2, 0.25) is 0 Å². The van der Waals surface area contributed by atoms with E-state index in [1.54, 1.807) is 12.1 Å². The van der Waals surface area contributed by atoms with Crippen LogP contribution in [0, 0.1) is 12.7 Å². The lowest BCUT2D eigenvalue weighted by Crippen LogP contribution is -2.43. The van der Waals surface area contributed by atoms with Gasteiger partial charge in [0.15, 0.2) is 0 Å². The molecule has 30 heavy (non-hydrogen) atoms. The number of benzene rings is 2. The second-order valence-corrected chi connectivity index (χ2v) is 8.89. The summed E-state index contributed by atoms with van der Waals surface area (Å²) in [6.45, 7) is 2.12. The summed E-state index contributed by atoms with van der Waals surface area (Å²) in [7, 11) is -3.81. The number of halogens is 1. The predicted molar refractivity (Wildman–Crippen MR) is 106 cm³/mol. The van der Waals surface area contributed by atoms with Crippen molar-refractivity contribution in [3.8, 4) is 11.5 Å². The first-order chi connectivity index (χ1) is 14.3. The number of rotatable bonds is 5. The van der Waals surface area contributed by atoms with Crippen molar-refractivity contribution in [2.24, 2.45) is 0 Å². The third kappa shape index (κ3) is 3.96. The third-order valence-electron chi connectivity index (χ3n) is 4.88. The quantitative estimate of drug-likeness (QED) is 0.667. The highest BCUT2D eigenvalue weighted by Crippen LogP contribution is 2.27. The summed E-state index contributed by atoms with van der Waals surface area (Å²) in [4.78, 5) is 12.9. The summed E-state index contributed by atoms with van der Waals surface area (Å²) in [6.07, 6.45) is 0.948. The molecule has 2 aromatic carbocycles. The highest BCUT2D eigenvalue weighted by molar-refractivity contribution is 7.89. The number of nitrogens with one attached hydrogen (secondary N) is 1. The summed E-state index contributed by atoms with van der Waals surface area (Å²) >= 11 is 0. The molecule has 1 amide bonds. The number of sulfonamides is 1. The first-order valence-electron chi connectivity index (χ1n) is 9.33. The Kier molecular flexibility index (Phi) is 5.35. The third-order valence-corrected chi connectivity index (χ3v) is 6.80. The van der Waals surface area contributed by atoms with E-state index in [1.165, 1.54) is 40.7 Å². The van der Waals surface area contributed by atoms with E-state index < -0.39 is 27.8 Å². The molecule has 2 heterocycles. The molecule has 0 saturated carbocycles. The van der Waals surface area contributed by atoms with Gasteiger partial charge in [-0.05, 0) is 56.2 Å². The van der Waals surface area contributed by atoms with Crippen molar-refractivity contribution in [1.29, 1.82) is 0 Å². The topological polar surface area (TPSA) is 105 Å². The van der Waals surface area contributed by atoms with Crippen LogP contribution in [0.25, 0.3) is 11.5 Å². The van der Waals surface area contributed by atoms with E-state index in [2.05, 4.69) is 15.5 Å². The van der Waals surface area contributed by atoms with E-state index in [0.29, 0.717) is 18.4 Å². The molecule has 0 radical (unpaired) electrons. The standard InChI is InChI=1S/C20H19FN4O4S/c1-13-4-10-16(11-5-13)30(27,28)25-12-2-3-17(25)18(26)22-20-24-23-19(29-20)14-6-8-15(21)9-7-14/h4-11,17H,2-3,12H2,1H3,(H,22,24,26). The smallest absolute Gasteiger partial charge is 0.322 e. The maximum Gasteiger partial charge on any atom is 0.322 e. The maximum absolute atomic E-state index is 13.1. The Bertz CT molecular complexity index is 1160. The highest BCUT2D eigenvalue weighted by Gasteiger charge is 2.39. The van der Waals surface area contributed by atoms with E-state index in [0.717, 1.165) is 5.56 Å². The Balaban J connectivity index is 1.50. The van der Waals surface area contributed by atoms with Crippen LogP contribution >= 0.6 is 0 Å². The zero-order valence-corrected chi connectivity index (χ0v) is 16.9. The Morgan fingerprint density at radius 3 is 2.53 bits per heavy atom. The monoisotopic (exact) mass is 430 g/mol. The SMILES string of the molecule is Cc1ccc(S(=O)(=O)N2CCCC2C(=O)Nc2nnc(-c3ccc(F)cc3)o2)cc1. The average Bonchev–Trinajstić information content (AvgIpc) is 3.39. The summed E-state index contributed by atoms with van der Waals surface area (Å²) in [5.74, 6) is -0.832. The minimum absolute atomic E-state index is 0.112. The number of carbonyl (C=O) groups excluding carboxylic acids is 1. The minimum Gasteiger partial charge on any atom is -0.403 e. The van der Waals surface area contributed by atoms with Crippen molar-refractivity contribution in [3.05, 3.63) is 59.9 Å². The molecule has 1 saturated heterocycles. The van der Waals surface area contributed by atoms with Crippen LogP contribution in [-0.2, 0) is 14.8 Å². The molecule has 1 unspecified atom stereocenters. The number of nitrogens with zero attached hydrogens (tertiary/aromatic N) is 3. The van der Waals surface area contributed by atoms with Gasteiger partial charge in [-0.25, -0.2) is 12.8 Å². The second-order valence-electron chi connectivity index (χ2n) is 7.00. The van der Waals surface area contributed by atoms with E-state index >= 15 is 0 Å². The molecule has 4 rings (SSSR count). The fraction of sp³-hybridized carbons (Fsp3) is 0.250. The molecule has 0 aliphatic carbocycles. The van der Waals surface area contributed by atoms with Crippen molar-refractivity contribution < 1.29 is 22.0 Å². The molecule has 10 heteroatoms. The molecule has 1 aliphatic heterocycles. The van der Waals surface area contributed by atoms with Gasteiger partial charge in [-0.3, -0.25) is 10.1 Å². The van der Waals surface area contributed by atoms with Gasteiger partial charge >= 0.3 is 6.01 Å². The zero-order chi connectivity index (χ0) is 21.3. The van der Waals surface area contributed by atoms with E-state index in [9.17, 15) is 17.6 Å². The molecule has 3 aromatic rings. The van der Waals surface area contributed by atoms with Crippen LogP contribution in [-0.4, -0.2) is 41.4 Å². The van der Waals surface area contributed by atoms with Gasteiger partial charge in [0, 0.05) is 12.1 Å². The lowest BCUT2D eigenvalue weighted by molar-refractivity contribution is -0.119. The summed E-state index contributed by atoms with van der Waals surface area (Å²) in [6, 6.07) is 10.9. The Labute approximate surface area is 172 Å². The van der Waals surface area contributed by atoms with Gasteiger partial charge in [0.25, 0.3) is 0 Å². The number of anilines is 1. The van der Waals surface area contributed by atoms with Crippen LogP contribution in [0.15, 0.2) is 57.8 Å². The molecule has 1 atom stereocenters. The Morgan fingerprint density at radius 2 is 1.83 bits per heavy atom. The number of aromatic nitrogens is 2. The van der Waals surface area contributed by atoms with Gasteiger partial charge < -0.3 is 4.42 Å². The zero-order valence-electron chi connectivity index (χ0n) is 16.1. The van der Waals surface area contributed by atoms with E-state index in [4.69, 9.17) is 4.42 Å². The fourth-order valence-corrected chi connectivity index (χ4v) is 4.96. The van der Waals surface area contributed by atoms with Crippen LogP contribution in [0.4, 0.5) is 10.4 Å². The van der Waals surface area contributed by atoms with Crippen molar-refractivity contribution in [2.75, 3.05) is 11.9 Å². The van der Waals surface area contributed by atoms with Crippen molar-refractivity contribution in [3.63, 3.8) is 0 Å². The fourth-order valence-electron chi connectivity index (χ4n) is 3.31. The molecule has 8 nitrogen and oxygen atoms in total. The number of hydrogen-bond donors (Lipinski definition) is 1. The van der Waals surface area contributed by atoms with E-state index in [-0.39, 0.29) is 23.3 Å². The number of hydrogen-bond acceptors (Lipinski definition) is 6. The van der Waals surface area contributed by atoms with Crippen molar-refractivity contribution in [1.82, 2.24) is 14.5 Å².